The van der Waals surface area contributed by atoms with E-state index in [4.69, 9.17) is 0 Å². The van der Waals surface area contributed by atoms with Gasteiger partial charge in [0, 0.05) is 24.7 Å². The molecule has 4 rings (SSSR count). The Morgan fingerprint density at radius 1 is 0.862 bits per heavy atom. The standard InChI is InChI=1S/C26H37N2.BrH/c1-3-28(4-2)19-11-10-16-26(28)17-18-27(24-14-6-5-7-15-24)25-20-22-12-8-9-13-23(22)21-25;/h5-9,12-15,25-26H,3-4,10-11,16-21H2,1-2H3;1H/q+1;/p-1/t26-;/m0./s1. The van der Waals surface area contributed by atoms with E-state index < -0.39 is 0 Å². The zero-order valence-electron chi connectivity index (χ0n) is 18.2. The van der Waals surface area contributed by atoms with Crippen LogP contribution in [0.1, 0.15) is 50.7 Å². The number of fused-ring (bicyclic) bond motifs is 1. The highest BCUT2D eigenvalue weighted by atomic mass is 79.9. The van der Waals surface area contributed by atoms with Crippen molar-refractivity contribution < 1.29 is 21.5 Å². The molecule has 3 heteroatoms. The minimum absolute atomic E-state index is 0. The van der Waals surface area contributed by atoms with Gasteiger partial charge in [-0.3, -0.25) is 0 Å². The Morgan fingerprint density at radius 3 is 2.10 bits per heavy atom. The van der Waals surface area contributed by atoms with Crippen molar-refractivity contribution in [3.63, 3.8) is 0 Å². The third kappa shape index (κ3) is 4.72. The highest BCUT2D eigenvalue weighted by Gasteiger charge is 2.37. The maximum atomic E-state index is 2.73. The first-order valence-electron chi connectivity index (χ1n) is 11.5. The average Bonchev–Trinajstić information content (AvgIpc) is 3.19. The fourth-order valence-electron chi connectivity index (χ4n) is 5.92. The van der Waals surface area contributed by atoms with Crippen LogP contribution in [0.15, 0.2) is 54.6 Å². The molecule has 2 aliphatic rings. The van der Waals surface area contributed by atoms with Crippen LogP contribution in [0.25, 0.3) is 0 Å². The molecule has 2 aromatic carbocycles. The van der Waals surface area contributed by atoms with Gasteiger partial charge < -0.3 is 26.4 Å². The number of para-hydroxylation sites is 1. The molecule has 1 heterocycles. The van der Waals surface area contributed by atoms with Crippen molar-refractivity contribution in [3.05, 3.63) is 65.7 Å². The molecule has 0 bridgehead atoms. The van der Waals surface area contributed by atoms with Gasteiger partial charge in [0.05, 0.1) is 25.7 Å². The molecule has 2 aromatic rings. The summed E-state index contributed by atoms with van der Waals surface area (Å²) in [5.74, 6) is 0. The van der Waals surface area contributed by atoms with Gasteiger partial charge in [-0.2, -0.15) is 0 Å². The highest BCUT2D eigenvalue weighted by molar-refractivity contribution is 5.49. The van der Waals surface area contributed by atoms with Gasteiger partial charge in [-0.25, -0.2) is 0 Å². The lowest BCUT2D eigenvalue weighted by Gasteiger charge is -2.47. The van der Waals surface area contributed by atoms with E-state index in [9.17, 15) is 0 Å². The second kappa shape index (κ2) is 10.1. The monoisotopic (exact) mass is 456 g/mol. The van der Waals surface area contributed by atoms with E-state index in [0.29, 0.717) is 6.04 Å². The summed E-state index contributed by atoms with van der Waals surface area (Å²) < 4.78 is 1.34. The number of hydrogen-bond donors (Lipinski definition) is 0. The van der Waals surface area contributed by atoms with Gasteiger partial charge in [0.1, 0.15) is 0 Å². The molecule has 1 saturated heterocycles. The van der Waals surface area contributed by atoms with Gasteiger partial charge in [-0.05, 0) is 69.2 Å². The molecule has 2 nitrogen and oxygen atoms in total. The Balaban J connectivity index is 0.00000240. The normalized spacial score (nSPS) is 20.7. The molecule has 1 aliphatic carbocycles. The van der Waals surface area contributed by atoms with Crippen molar-refractivity contribution in [2.24, 2.45) is 0 Å². The minimum atomic E-state index is 0. The average molecular weight is 458 g/mol. The van der Waals surface area contributed by atoms with Crippen molar-refractivity contribution in [2.75, 3.05) is 31.1 Å². The summed E-state index contributed by atoms with van der Waals surface area (Å²) in [5.41, 5.74) is 4.51. The number of benzene rings is 2. The maximum absolute atomic E-state index is 2.73. The van der Waals surface area contributed by atoms with Gasteiger partial charge >= 0.3 is 0 Å². The first-order chi connectivity index (χ1) is 13.8. The van der Waals surface area contributed by atoms with Gasteiger partial charge in [-0.1, -0.05) is 42.5 Å². The van der Waals surface area contributed by atoms with E-state index >= 15 is 0 Å². The van der Waals surface area contributed by atoms with Gasteiger partial charge in [-0.15, -0.1) is 0 Å². The van der Waals surface area contributed by atoms with E-state index in [1.54, 1.807) is 11.1 Å². The molecule has 0 spiro atoms. The molecule has 0 saturated carbocycles. The number of halogens is 1. The molecular formula is C26H37BrN2. The second-order valence-electron chi connectivity index (χ2n) is 8.87. The van der Waals surface area contributed by atoms with Gasteiger partial charge in [0.25, 0.3) is 0 Å². The van der Waals surface area contributed by atoms with Crippen molar-refractivity contribution in [2.45, 2.75) is 64.5 Å². The van der Waals surface area contributed by atoms with Crippen LogP contribution in [-0.4, -0.2) is 42.7 Å². The summed E-state index contributed by atoms with van der Waals surface area (Å²) in [6.07, 6.45) is 7.95. The van der Waals surface area contributed by atoms with E-state index in [-0.39, 0.29) is 17.0 Å². The lowest BCUT2D eigenvalue weighted by molar-refractivity contribution is -0.953. The van der Waals surface area contributed by atoms with E-state index in [2.05, 4.69) is 73.3 Å². The molecule has 1 fully saturated rings. The van der Waals surface area contributed by atoms with Crippen LogP contribution < -0.4 is 21.9 Å². The van der Waals surface area contributed by atoms with Crippen LogP contribution in [0.5, 0.6) is 0 Å². The minimum Gasteiger partial charge on any atom is -1.00 e. The van der Waals surface area contributed by atoms with Crippen LogP contribution in [-0.2, 0) is 12.8 Å². The van der Waals surface area contributed by atoms with Crippen LogP contribution >= 0.6 is 0 Å². The van der Waals surface area contributed by atoms with Crippen LogP contribution in [0.2, 0.25) is 0 Å². The van der Waals surface area contributed by atoms with Crippen LogP contribution in [0.4, 0.5) is 5.69 Å². The Kier molecular flexibility index (Phi) is 7.81. The number of likely N-dealkylation sites (tertiary alicyclic amines) is 1. The quantitative estimate of drug-likeness (QED) is 0.578. The van der Waals surface area contributed by atoms with E-state index in [1.165, 1.54) is 74.9 Å². The number of anilines is 1. The third-order valence-electron chi connectivity index (χ3n) is 7.69. The number of rotatable bonds is 7. The van der Waals surface area contributed by atoms with E-state index in [0.717, 1.165) is 6.04 Å². The molecule has 1 atom stereocenters. The molecule has 1 aliphatic heterocycles. The Morgan fingerprint density at radius 2 is 1.48 bits per heavy atom. The molecule has 0 amide bonds. The summed E-state index contributed by atoms with van der Waals surface area (Å²) in [7, 11) is 0. The lowest BCUT2D eigenvalue weighted by Crippen LogP contribution is -3.00. The molecule has 0 N–H and O–H groups in total. The largest absolute Gasteiger partial charge is 1.00 e. The van der Waals surface area contributed by atoms with Crippen LogP contribution in [0.3, 0.4) is 0 Å². The lowest BCUT2D eigenvalue weighted by atomic mass is 9.94. The fraction of sp³-hybridized carbons (Fsp3) is 0.538. The van der Waals surface area contributed by atoms with Crippen LogP contribution in [0, 0.1) is 0 Å². The van der Waals surface area contributed by atoms with Gasteiger partial charge in [0.15, 0.2) is 0 Å². The van der Waals surface area contributed by atoms with Crippen molar-refractivity contribution in [1.29, 1.82) is 0 Å². The predicted octanol–water partition coefficient (Wildman–Crippen LogP) is 2.46. The molecule has 29 heavy (non-hydrogen) atoms. The van der Waals surface area contributed by atoms with Crippen molar-refractivity contribution in [1.82, 2.24) is 0 Å². The van der Waals surface area contributed by atoms with Gasteiger partial charge in [0.2, 0.25) is 0 Å². The molecule has 0 unspecified atom stereocenters. The zero-order valence-corrected chi connectivity index (χ0v) is 19.8. The summed E-state index contributed by atoms with van der Waals surface area (Å²) >= 11 is 0. The first kappa shape index (κ1) is 22.4. The second-order valence-corrected chi connectivity index (χ2v) is 8.87. The fourth-order valence-corrected chi connectivity index (χ4v) is 5.92. The van der Waals surface area contributed by atoms with Crippen molar-refractivity contribution >= 4 is 5.69 Å². The molecule has 0 aromatic heterocycles. The first-order valence-corrected chi connectivity index (χ1v) is 11.5. The number of quaternary nitrogens is 1. The SMILES string of the molecule is CC[N+]1(CC)CCCC[C@H]1CCN(c1ccccc1)C1Cc2ccccc2C1.[Br-]. The number of piperidine rings is 1. The summed E-state index contributed by atoms with van der Waals surface area (Å²) in [4.78, 5) is 2.73. The smallest absolute Gasteiger partial charge is 0.0907 e. The molecule has 0 radical (unpaired) electrons. The molecular weight excluding hydrogens is 420 g/mol. The molecule has 158 valence electrons. The Hall–Kier alpha value is -1.32. The number of nitrogens with zero attached hydrogens (tertiary/aromatic N) is 2. The van der Waals surface area contributed by atoms with E-state index in [1.807, 2.05) is 0 Å². The third-order valence-corrected chi connectivity index (χ3v) is 7.69. The van der Waals surface area contributed by atoms with Crippen molar-refractivity contribution in [3.8, 4) is 0 Å². The zero-order chi connectivity index (χ0) is 19.4. The predicted molar refractivity (Wildman–Crippen MR) is 120 cm³/mol. The topological polar surface area (TPSA) is 3.24 Å². The summed E-state index contributed by atoms with van der Waals surface area (Å²) in [6.45, 7) is 9.97. The number of hydrogen-bond acceptors (Lipinski definition) is 1. The maximum Gasteiger partial charge on any atom is 0.0907 e. The Bertz CT molecular complexity index is 731. The highest BCUT2D eigenvalue weighted by Crippen LogP contribution is 2.32. The summed E-state index contributed by atoms with van der Waals surface area (Å²) in [5, 5.41) is 0. The summed E-state index contributed by atoms with van der Waals surface area (Å²) in [6, 6.07) is 21.7. The Labute approximate surface area is 188 Å².